The Balaban J connectivity index is 1.65. The number of aromatic nitrogens is 2. The van der Waals surface area contributed by atoms with Gasteiger partial charge in [-0.25, -0.2) is 9.97 Å². The van der Waals surface area contributed by atoms with Crippen LogP contribution in [0.5, 0.6) is 5.75 Å². The molecule has 0 aliphatic rings. The molecule has 0 radical (unpaired) electrons. The molecule has 1 heterocycles. The molecule has 2 aromatic carbocycles. The summed E-state index contributed by atoms with van der Waals surface area (Å²) in [4.78, 5) is 21.0. The lowest BCUT2D eigenvalue weighted by atomic mass is 10.3. The van der Waals surface area contributed by atoms with Crippen molar-refractivity contribution in [3.05, 3.63) is 60.8 Å². The Kier molecular flexibility index (Phi) is 5.87. The van der Waals surface area contributed by atoms with Crippen molar-refractivity contribution in [2.24, 2.45) is 0 Å². The zero-order valence-electron chi connectivity index (χ0n) is 14.1. The van der Waals surface area contributed by atoms with Gasteiger partial charge in [-0.05, 0) is 42.5 Å². The van der Waals surface area contributed by atoms with E-state index >= 15 is 0 Å². The Bertz CT molecular complexity index is 986. The molecule has 0 aliphatic carbocycles. The van der Waals surface area contributed by atoms with Crippen LogP contribution in [0.2, 0.25) is 0 Å². The molecular weight excluding hydrogens is 362 g/mol. The van der Waals surface area contributed by atoms with Gasteiger partial charge in [-0.15, -0.1) is 0 Å². The first-order chi connectivity index (χ1) is 13.1. The molecule has 1 aromatic heterocycles. The molecule has 27 heavy (non-hydrogen) atoms. The van der Waals surface area contributed by atoms with E-state index in [2.05, 4.69) is 20.6 Å². The molecule has 0 saturated carbocycles. The van der Waals surface area contributed by atoms with Crippen molar-refractivity contribution in [2.75, 3.05) is 10.6 Å². The van der Waals surface area contributed by atoms with Gasteiger partial charge in [-0.3, -0.25) is 4.79 Å². The Hall–Kier alpha value is -3.57. The van der Waals surface area contributed by atoms with Crippen molar-refractivity contribution in [3.63, 3.8) is 0 Å². The predicted molar refractivity (Wildman–Crippen MR) is 103 cm³/mol. The van der Waals surface area contributed by atoms with Crippen LogP contribution < -0.4 is 10.6 Å². The standard InChI is InChI=1S/C19H15N5O2S/c20-10-8-17(26)22-13-4-6-16(7-5-13)27-18-9-11-21-19(24-18)23-14-2-1-3-15(25)12-14/h1-7,9,11-12,25H,8H2,(H,22,26)(H,21,23,24). The minimum Gasteiger partial charge on any atom is -0.508 e. The third kappa shape index (κ3) is 5.45. The summed E-state index contributed by atoms with van der Waals surface area (Å²) in [6.45, 7) is 0. The van der Waals surface area contributed by atoms with Crippen molar-refractivity contribution in [1.29, 1.82) is 5.26 Å². The number of nitrogens with zero attached hydrogens (tertiary/aromatic N) is 3. The van der Waals surface area contributed by atoms with Crippen LogP contribution in [0.4, 0.5) is 17.3 Å². The fourth-order valence-electron chi connectivity index (χ4n) is 2.18. The Morgan fingerprint density at radius 3 is 2.70 bits per heavy atom. The number of hydrogen-bond acceptors (Lipinski definition) is 7. The highest BCUT2D eigenvalue weighted by atomic mass is 32.2. The third-order valence-corrected chi connectivity index (χ3v) is 4.28. The monoisotopic (exact) mass is 377 g/mol. The van der Waals surface area contributed by atoms with Crippen LogP contribution in [0.3, 0.4) is 0 Å². The highest BCUT2D eigenvalue weighted by Gasteiger charge is 2.05. The van der Waals surface area contributed by atoms with E-state index < -0.39 is 0 Å². The van der Waals surface area contributed by atoms with Gasteiger partial charge in [0, 0.05) is 28.5 Å². The predicted octanol–water partition coefficient (Wildman–Crippen LogP) is 3.93. The van der Waals surface area contributed by atoms with Gasteiger partial charge in [-0.1, -0.05) is 17.8 Å². The van der Waals surface area contributed by atoms with Gasteiger partial charge in [0.15, 0.2) is 0 Å². The number of nitriles is 1. The topological polar surface area (TPSA) is 111 Å². The molecule has 3 aromatic rings. The number of rotatable bonds is 6. The molecule has 0 atom stereocenters. The summed E-state index contributed by atoms with van der Waals surface area (Å²) < 4.78 is 0. The van der Waals surface area contributed by atoms with Gasteiger partial charge in [-0.2, -0.15) is 5.26 Å². The summed E-state index contributed by atoms with van der Waals surface area (Å²) >= 11 is 1.45. The highest BCUT2D eigenvalue weighted by molar-refractivity contribution is 7.99. The number of carbonyl (C=O) groups excluding carboxylic acids is 1. The van der Waals surface area contributed by atoms with Gasteiger partial charge in [0.25, 0.3) is 0 Å². The van der Waals surface area contributed by atoms with Crippen molar-refractivity contribution in [1.82, 2.24) is 9.97 Å². The maximum Gasteiger partial charge on any atom is 0.238 e. The van der Waals surface area contributed by atoms with E-state index in [1.165, 1.54) is 11.8 Å². The lowest BCUT2D eigenvalue weighted by Crippen LogP contribution is -2.09. The molecule has 8 heteroatoms. The summed E-state index contributed by atoms with van der Waals surface area (Å²) in [5.41, 5.74) is 1.32. The number of anilines is 3. The number of phenols is 1. The van der Waals surface area contributed by atoms with E-state index in [9.17, 15) is 9.90 Å². The number of phenolic OH excluding ortho intramolecular Hbond substituents is 1. The maximum absolute atomic E-state index is 11.4. The van der Waals surface area contributed by atoms with Gasteiger partial charge in [0.05, 0.1) is 6.07 Å². The second-order valence-electron chi connectivity index (χ2n) is 5.40. The molecule has 3 N–H and O–H groups in total. The van der Waals surface area contributed by atoms with Crippen LogP contribution in [-0.2, 0) is 4.79 Å². The van der Waals surface area contributed by atoms with E-state index in [0.717, 1.165) is 9.92 Å². The first-order valence-electron chi connectivity index (χ1n) is 7.96. The fraction of sp³-hybridized carbons (Fsp3) is 0.0526. The number of carbonyl (C=O) groups is 1. The summed E-state index contributed by atoms with van der Waals surface area (Å²) in [5.74, 6) is 0.245. The summed E-state index contributed by atoms with van der Waals surface area (Å²) in [5, 5.41) is 24.5. The molecule has 1 amide bonds. The molecule has 0 bridgehead atoms. The van der Waals surface area contributed by atoms with Crippen LogP contribution >= 0.6 is 11.8 Å². The normalized spacial score (nSPS) is 10.0. The maximum atomic E-state index is 11.4. The molecule has 0 aliphatic heterocycles. The van der Waals surface area contributed by atoms with E-state index in [-0.39, 0.29) is 18.1 Å². The molecule has 0 saturated heterocycles. The lowest BCUT2D eigenvalue weighted by molar-refractivity contribution is -0.115. The van der Waals surface area contributed by atoms with E-state index in [0.29, 0.717) is 17.3 Å². The van der Waals surface area contributed by atoms with Crippen LogP contribution in [0.15, 0.2) is 70.7 Å². The first kappa shape index (κ1) is 18.2. The molecule has 3 rings (SSSR count). The fourth-order valence-corrected chi connectivity index (χ4v) is 2.95. The largest absolute Gasteiger partial charge is 0.508 e. The number of aromatic hydroxyl groups is 1. The SMILES string of the molecule is N#CCC(=O)Nc1ccc(Sc2ccnc(Nc3cccc(O)c3)n2)cc1. The third-order valence-electron chi connectivity index (χ3n) is 3.33. The summed E-state index contributed by atoms with van der Waals surface area (Å²) in [6.07, 6.45) is 1.48. The number of hydrogen-bond donors (Lipinski definition) is 3. The van der Waals surface area contributed by atoms with Crippen molar-refractivity contribution in [2.45, 2.75) is 16.3 Å². The average Bonchev–Trinajstić information content (AvgIpc) is 2.64. The van der Waals surface area contributed by atoms with Crippen molar-refractivity contribution in [3.8, 4) is 11.8 Å². The lowest BCUT2D eigenvalue weighted by Gasteiger charge is -2.07. The molecule has 0 spiro atoms. The number of nitrogens with one attached hydrogen (secondary N) is 2. The molecular formula is C19H15N5O2S. The smallest absolute Gasteiger partial charge is 0.238 e. The number of amides is 1. The van der Waals surface area contributed by atoms with Crippen LogP contribution in [0.25, 0.3) is 0 Å². The van der Waals surface area contributed by atoms with Crippen LogP contribution in [-0.4, -0.2) is 21.0 Å². The van der Waals surface area contributed by atoms with Gasteiger partial charge < -0.3 is 15.7 Å². The molecule has 134 valence electrons. The second-order valence-corrected chi connectivity index (χ2v) is 6.50. The zero-order chi connectivity index (χ0) is 19.1. The Morgan fingerprint density at radius 1 is 1.15 bits per heavy atom. The Labute approximate surface area is 160 Å². The quantitative estimate of drug-likeness (QED) is 0.558. The van der Waals surface area contributed by atoms with Crippen molar-refractivity contribution >= 4 is 35.0 Å². The minimum atomic E-state index is -0.337. The number of benzene rings is 2. The molecule has 0 fully saturated rings. The van der Waals surface area contributed by atoms with E-state index in [1.807, 2.05) is 24.3 Å². The van der Waals surface area contributed by atoms with Crippen molar-refractivity contribution < 1.29 is 9.90 Å². The van der Waals surface area contributed by atoms with Gasteiger partial charge in [0.1, 0.15) is 17.2 Å². The summed E-state index contributed by atoms with van der Waals surface area (Å²) in [6, 6.07) is 17.6. The molecule has 0 unspecified atom stereocenters. The van der Waals surface area contributed by atoms with Gasteiger partial charge in [0.2, 0.25) is 11.9 Å². The molecule has 7 nitrogen and oxygen atoms in total. The van der Waals surface area contributed by atoms with Crippen LogP contribution in [0, 0.1) is 11.3 Å². The van der Waals surface area contributed by atoms with E-state index in [1.54, 1.807) is 42.6 Å². The van der Waals surface area contributed by atoms with Gasteiger partial charge >= 0.3 is 0 Å². The summed E-state index contributed by atoms with van der Waals surface area (Å²) in [7, 11) is 0. The average molecular weight is 377 g/mol. The second kappa shape index (κ2) is 8.69. The highest BCUT2D eigenvalue weighted by Crippen LogP contribution is 2.28. The van der Waals surface area contributed by atoms with E-state index in [4.69, 9.17) is 5.26 Å². The Morgan fingerprint density at radius 2 is 1.96 bits per heavy atom. The minimum absolute atomic E-state index is 0.160. The zero-order valence-corrected chi connectivity index (χ0v) is 14.9. The van der Waals surface area contributed by atoms with Crippen LogP contribution in [0.1, 0.15) is 6.42 Å². The first-order valence-corrected chi connectivity index (χ1v) is 8.78.